The van der Waals surface area contributed by atoms with Crippen molar-refractivity contribution in [1.29, 1.82) is 0 Å². The van der Waals surface area contributed by atoms with Crippen LogP contribution in [0.2, 0.25) is 0 Å². The quantitative estimate of drug-likeness (QED) is 0.154. The molecular weight excluding hydrogens is 420 g/mol. The molecule has 1 aliphatic rings. The summed E-state index contributed by atoms with van der Waals surface area (Å²) in [5, 5.41) is 0. The van der Waals surface area contributed by atoms with Gasteiger partial charge < -0.3 is 14.2 Å². The summed E-state index contributed by atoms with van der Waals surface area (Å²) in [6, 6.07) is 0. The molecule has 0 saturated heterocycles. The van der Waals surface area contributed by atoms with Gasteiger partial charge in [0.2, 0.25) is 5.60 Å². The van der Waals surface area contributed by atoms with Crippen LogP contribution in [0.4, 0.5) is 0 Å². The fourth-order valence-electron chi connectivity index (χ4n) is 4.49. The largest absolute Gasteiger partial charge is 0.465 e. The third-order valence-electron chi connectivity index (χ3n) is 6.93. The molecule has 0 aromatic rings. The summed E-state index contributed by atoms with van der Waals surface area (Å²) in [4.78, 5) is 38.8. The van der Waals surface area contributed by atoms with E-state index < -0.39 is 29.4 Å². The van der Waals surface area contributed by atoms with Gasteiger partial charge in [-0.3, -0.25) is 4.79 Å². The Kier molecular flexibility index (Phi) is 14.1. The fourth-order valence-corrected chi connectivity index (χ4v) is 4.49. The molecule has 1 saturated carbocycles. The predicted molar refractivity (Wildman–Crippen MR) is 130 cm³/mol. The van der Waals surface area contributed by atoms with Gasteiger partial charge in [0.15, 0.2) is 0 Å². The van der Waals surface area contributed by atoms with E-state index in [0.29, 0.717) is 25.4 Å². The van der Waals surface area contributed by atoms with Crippen LogP contribution in [-0.2, 0) is 28.6 Å². The van der Waals surface area contributed by atoms with E-state index in [1.54, 1.807) is 0 Å². The van der Waals surface area contributed by atoms with Gasteiger partial charge in [-0.25, -0.2) is 9.59 Å². The minimum atomic E-state index is -1.64. The minimum absolute atomic E-state index is 0.249. The van der Waals surface area contributed by atoms with Gasteiger partial charge in [0.05, 0.1) is 13.2 Å². The molecule has 190 valence electrons. The number of rotatable bonds is 16. The molecule has 0 aromatic carbocycles. The summed E-state index contributed by atoms with van der Waals surface area (Å²) in [5.41, 5.74) is -1.64. The van der Waals surface area contributed by atoms with Crippen molar-refractivity contribution in [1.82, 2.24) is 0 Å². The monoisotopic (exact) mass is 466 g/mol. The van der Waals surface area contributed by atoms with E-state index >= 15 is 0 Å². The van der Waals surface area contributed by atoms with Crippen LogP contribution in [0, 0.1) is 17.8 Å². The van der Waals surface area contributed by atoms with Crippen molar-refractivity contribution in [3.05, 3.63) is 12.7 Å². The molecule has 0 radical (unpaired) electrons. The number of hydrogen-bond acceptors (Lipinski definition) is 6. The van der Waals surface area contributed by atoms with Crippen LogP contribution in [0.25, 0.3) is 0 Å². The van der Waals surface area contributed by atoms with Crippen molar-refractivity contribution in [2.24, 2.45) is 17.8 Å². The van der Waals surface area contributed by atoms with E-state index in [-0.39, 0.29) is 18.9 Å². The summed E-state index contributed by atoms with van der Waals surface area (Å²) in [5.74, 6) is -2.15. The summed E-state index contributed by atoms with van der Waals surface area (Å²) in [7, 11) is 0. The van der Waals surface area contributed by atoms with Crippen molar-refractivity contribution in [2.45, 2.75) is 110 Å². The maximum absolute atomic E-state index is 13.4. The van der Waals surface area contributed by atoms with Gasteiger partial charge in [-0.1, -0.05) is 79.2 Å². The van der Waals surface area contributed by atoms with Crippen LogP contribution in [-0.4, -0.2) is 36.7 Å². The lowest BCUT2D eigenvalue weighted by Crippen LogP contribution is -2.55. The van der Waals surface area contributed by atoms with Gasteiger partial charge in [-0.15, -0.1) is 0 Å². The van der Waals surface area contributed by atoms with E-state index in [2.05, 4.69) is 34.3 Å². The Morgan fingerprint density at radius 1 is 0.939 bits per heavy atom. The number of hydrogen-bond donors (Lipinski definition) is 0. The topological polar surface area (TPSA) is 78.9 Å². The smallest absolute Gasteiger partial charge is 0.351 e. The van der Waals surface area contributed by atoms with Crippen molar-refractivity contribution in [3.8, 4) is 0 Å². The lowest BCUT2D eigenvalue weighted by atomic mass is 9.75. The van der Waals surface area contributed by atoms with Gasteiger partial charge in [0, 0.05) is 6.08 Å². The Morgan fingerprint density at radius 3 is 2.03 bits per heavy atom. The molecule has 1 aliphatic carbocycles. The molecule has 6 heteroatoms. The molecule has 0 aliphatic heterocycles. The predicted octanol–water partition coefficient (Wildman–Crippen LogP) is 6.16. The average molecular weight is 467 g/mol. The number of ether oxygens (including phenoxy) is 3. The summed E-state index contributed by atoms with van der Waals surface area (Å²) in [6.45, 7) is 12.5. The van der Waals surface area contributed by atoms with Gasteiger partial charge in [0.25, 0.3) is 0 Å². The second-order valence-electron chi connectivity index (χ2n) is 9.37. The first kappa shape index (κ1) is 29.2. The molecule has 4 atom stereocenters. The number of unbranched alkanes of at least 4 members (excludes halogenated alkanes) is 2. The summed E-state index contributed by atoms with van der Waals surface area (Å²) >= 11 is 0. The Bertz CT molecular complexity index is 616. The maximum Gasteiger partial charge on any atom is 0.351 e. The second kappa shape index (κ2) is 15.9. The molecule has 0 spiro atoms. The zero-order valence-electron chi connectivity index (χ0n) is 21.4. The van der Waals surface area contributed by atoms with Gasteiger partial charge in [-0.05, 0) is 43.9 Å². The third-order valence-corrected chi connectivity index (χ3v) is 6.93. The maximum atomic E-state index is 13.4. The third kappa shape index (κ3) is 9.13. The molecule has 4 unspecified atom stereocenters. The Balaban J connectivity index is 3.01. The lowest BCUT2D eigenvalue weighted by Gasteiger charge is -2.39. The van der Waals surface area contributed by atoms with Crippen LogP contribution in [0.5, 0.6) is 0 Å². The molecular formula is C27H46O6. The molecule has 0 aromatic heterocycles. The average Bonchev–Trinajstić information content (AvgIpc) is 2.84. The second-order valence-corrected chi connectivity index (χ2v) is 9.37. The molecule has 33 heavy (non-hydrogen) atoms. The Hall–Kier alpha value is -1.85. The van der Waals surface area contributed by atoms with Crippen molar-refractivity contribution in [3.63, 3.8) is 0 Å². The highest BCUT2D eigenvalue weighted by Gasteiger charge is 2.55. The lowest BCUT2D eigenvalue weighted by molar-refractivity contribution is -0.199. The van der Waals surface area contributed by atoms with Crippen LogP contribution in [0.15, 0.2) is 12.7 Å². The molecule has 0 N–H and O–H groups in total. The van der Waals surface area contributed by atoms with E-state index in [9.17, 15) is 14.4 Å². The van der Waals surface area contributed by atoms with Gasteiger partial charge in [-0.2, -0.15) is 0 Å². The molecule has 1 rings (SSSR count). The van der Waals surface area contributed by atoms with Gasteiger partial charge >= 0.3 is 17.9 Å². The zero-order valence-corrected chi connectivity index (χ0v) is 21.4. The van der Waals surface area contributed by atoms with Crippen LogP contribution < -0.4 is 0 Å². The Morgan fingerprint density at radius 2 is 1.52 bits per heavy atom. The summed E-state index contributed by atoms with van der Waals surface area (Å²) < 4.78 is 17.0. The number of carbonyl (C=O) groups excluding carboxylic acids is 3. The highest BCUT2D eigenvalue weighted by atomic mass is 16.6. The first-order valence-electron chi connectivity index (χ1n) is 13.1. The van der Waals surface area contributed by atoms with E-state index in [4.69, 9.17) is 14.2 Å². The van der Waals surface area contributed by atoms with Crippen molar-refractivity contribution < 1.29 is 28.6 Å². The molecule has 0 amide bonds. The molecule has 1 fully saturated rings. The van der Waals surface area contributed by atoms with Crippen LogP contribution in [0.1, 0.15) is 105 Å². The van der Waals surface area contributed by atoms with Crippen LogP contribution in [0.3, 0.4) is 0 Å². The summed E-state index contributed by atoms with van der Waals surface area (Å²) in [6.07, 6.45) is 11.3. The van der Waals surface area contributed by atoms with Crippen molar-refractivity contribution in [2.75, 3.05) is 13.2 Å². The SMILES string of the molecule is C=CC(=O)OC1(C(=O)OCC(CC)CCCC)CCCCC1C(=O)OCC(CC)CCCC. The van der Waals surface area contributed by atoms with E-state index in [0.717, 1.165) is 63.9 Å². The number of carbonyl (C=O) groups is 3. The van der Waals surface area contributed by atoms with E-state index in [1.807, 2.05) is 0 Å². The van der Waals surface area contributed by atoms with E-state index in [1.165, 1.54) is 0 Å². The standard InChI is InChI=1S/C27H46O6/c1-6-11-15-21(8-3)19-31-25(29)23-17-13-14-18-27(23,33-24(28)10-5)26(30)32-20-22(9-4)16-12-7-2/h10,21-23H,5-9,11-20H2,1-4H3. The molecule has 6 nitrogen and oxygen atoms in total. The molecule has 0 bridgehead atoms. The Labute approximate surface area is 200 Å². The molecule has 0 heterocycles. The first-order chi connectivity index (χ1) is 15.9. The van der Waals surface area contributed by atoms with Gasteiger partial charge in [0.1, 0.15) is 5.92 Å². The van der Waals surface area contributed by atoms with Crippen LogP contribution >= 0.6 is 0 Å². The highest BCUT2D eigenvalue weighted by Crippen LogP contribution is 2.39. The fraction of sp³-hybridized carbons (Fsp3) is 0.815. The van der Waals surface area contributed by atoms with Crippen molar-refractivity contribution >= 4 is 17.9 Å². The zero-order chi connectivity index (χ0) is 24.7. The number of esters is 3. The highest BCUT2D eigenvalue weighted by molar-refractivity contribution is 5.92. The normalized spacial score (nSPS) is 22.1. The first-order valence-corrected chi connectivity index (χ1v) is 13.1. The minimum Gasteiger partial charge on any atom is -0.465 e.